The van der Waals surface area contributed by atoms with Crippen LogP contribution < -0.4 is 9.47 Å². The maximum absolute atomic E-state index is 9.73. The number of methoxy groups -OCH3 is 1. The number of aromatic amines is 1. The van der Waals surface area contributed by atoms with E-state index in [1.807, 2.05) is 54.6 Å². The molecule has 0 spiro atoms. The maximum Gasteiger partial charge on any atom is 0.149 e. The van der Waals surface area contributed by atoms with Gasteiger partial charge >= 0.3 is 0 Å². The van der Waals surface area contributed by atoms with Crippen LogP contribution >= 0.6 is 43.5 Å². The maximum atomic E-state index is 9.73. The lowest BCUT2D eigenvalue weighted by Gasteiger charge is -2.12. The molecule has 0 aliphatic rings. The van der Waals surface area contributed by atoms with Crippen LogP contribution in [0, 0.1) is 11.3 Å². The molecule has 0 aliphatic heterocycles. The lowest BCUT2D eigenvalue weighted by molar-refractivity contribution is 0.302. The largest absolute Gasteiger partial charge is 0.497 e. The molecule has 0 radical (unpaired) electrons. The predicted octanol–water partition coefficient (Wildman–Crippen LogP) is 7.39. The molecule has 0 bridgehead atoms. The van der Waals surface area contributed by atoms with Gasteiger partial charge in [0, 0.05) is 16.7 Å². The molecule has 1 N–H and O–H groups in total. The first-order chi connectivity index (χ1) is 15.5. The lowest BCUT2D eigenvalue weighted by atomic mass is 10.1. The molecule has 1 heterocycles. The van der Waals surface area contributed by atoms with Crippen LogP contribution in [-0.4, -0.2) is 17.1 Å². The fourth-order valence-electron chi connectivity index (χ4n) is 3.13. The van der Waals surface area contributed by atoms with Crippen LogP contribution in [-0.2, 0) is 6.61 Å². The third-order valence-corrected chi connectivity index (χ3v) is 6.27. The highest BCUT2D eigenvalue weighted by molar-refractivity contribution is 9.11. The van der Waals surface area contributed by atoms with Crippen LogP contribution in [0.5, 0.6) is 11.5 Å². The van der Waals surface area contributed by atoms with Gasteiger partial charge < -0.3 is 14.5 Å². The minimum Gasteiger partial charge on any atom is -0.497 e. The number of benzene rings is 3. The molecule has 4 aromatic rings. The Morgan fingerprint density at radius 1 is 1.16 bits per heavy atom. The predicted molar refractivity (Wildman–Crippen MR) is 134 cm³/mol. The van der Waals surface area contributed by atoms with Gasteiger partial charge in [-0.2, -0.15) is 5.26 Å². The number of H-pyrrole nitrogens is 1. The Hall–Kier alpha value is -2.79. The first-order valence-electron chi connectivity index (χ1n) is 9.49. The molecule has 160 valence electrons. The number of rotatable bonds is 6. The average molecular weight is 574 g/mol. The van der Waals surface area contributed by atoms with E-state index in [0.29, 0.717) is 28.8 Å². The van der Waals surface area contributed by atoms with Crippen LogP contribution in [0.4, 0.5) is 0 Å². The number of halogens is 3. The van der Waals surface area contributed by atoms with Crippen molar-refractivity contribution >= 4 is 66.1 Å². The van der Waals surface area contributed by atoms with Gasteiger partial charge in [-0.15, -0.1) is 0 Å². The van der Waals surface area contributed by atoms with Crippen LogP contribution in [0.1, 0.15) is 17.0 Å². The molecule has 3 aromatic carbocycles. The number of nitrogens with zero attached hydrogens (tertiary/aromatic N) is 2. The highest BCUT2D eigenvalue weighted by Crippen LogP contribution is 2.36. The minimum absolute atomic E-state index is 0.331. The van der Waals surface area contributed by atoms with Gasteiger partial charge in [0.1, 0.15) is 30.0 Å². The summed E-state index contributed by atoms with van der Waals surface area (Å²) in [6.45, 7) is 0.331. The number of nitriles is 1. The summed E-state index contributed by atoms with van der Waals surface area (Å²) in [6.07, 6.45) is 1.77. The van der Waals surface area contributed by atoms with Crippen molar-refractivity contribution in [2.45, 2.75) is 6.61 Å². The Kier molecular flexibility index (Phi) is 6.85. The van der Waals surface area contributed by atoms with Gasteiger partial charge in [0.15, 0.2) is 0 Å². The summed E-state index contributed by atoms with van der Waals surface area (Å²) in [6, 6.07) is 19.1. The van der Waals surface area contributed by atoms with E-state index in [2.05, 4.69) is 47.9 Å². The van der Waals surface area contributed by atoms with Crippen molar-refractivity contribution in [3.05, 3.63) is 85.5 Å². The number of aromatic nitrogens is 2. The molecule has 8 heteroatoms. The van der Waals surface area contributed by atoms with Crippen molar-refractivity contribution in [2.75, 3.05) is 7.11 Å². The molecule has 4 rings (SSSR count). The molecular formula is C24H16Br2ClN3O2. The number of hydrogen-bond acceptors (Lipinski definition) is 4. The molecule has 0 saturated heterocycles. The van der Waals surface area contributed by atoms with E-state index in [4.69, 9.17) is 21.1 Å². The first kappa shape index (κ1) is 22.4. The molecule has 1 aromatic heterocycles. The topological polar surface area (TPSA) is 70.9 Å². The van der Waals surface area contributed by atoms with Crippen LogP contribution in [0.3, 0.4) is 0 Å². The van der Waals surface area contributed by atoms with E-state index < -0.39 is 0 Å². The SMILES string of the molecule is COc1ccc2nc(/C(C#N)=C\c3cc(Br)c(OCc4ccccc4Cl)c(Br)c3)[nH]c2c1. The van der Waals surface area contributed by atoms with Crippen LogP contribution in [0.25, 0.3) is 22.7 Å². The van der Waals surface area contributed by atoms with Gasteiger partial charge in [-0.25, -0.2) is 4.98 Å². The van der Waals surface area contributed by atoms with E-state index in [1.54, 1.807) is 13.2 Å². The van der Waals surface area contributed by atoms with Crippen LogP contribution in [0.15, 0.2) is 63.5 Å². The zero-order chi connectivity index (χ0) is 22.7. The summed E-state index contributed by atoms with van der Waals surface area (Å²) >= 11 is 13.3. The Labute approximate surface area is 206 Å². The van der Waals surface area contributed by atoms with Gasteiger partial charge in [-0.3, -0.25) is 0 Å². The summed E-state index contributed by atoms with van der Waals surface area (Å²) < 4.78 is 12.7. The van der Waals surface area contributed by atoms with Gasteiger partial charge in [0.25, 0.3) is 0 Å². The number of imidazole rings is 1. The summed E-state index contributed by atoms with van der Waals surface area (Å²) in [7, 11) is 1.61. The smallest absolute Gasteiger partial charge is 0.149 e. The monoisotopic (exact) mass is 571 g/mol. The fourth-order valence-corrected chi connectivity index (χ4v) is 4.77. The Bertz CT molecular complexity index is 1350. The summed E-state index contributed by atoms with van der Waals surface area (Å²) in [4.78, 5) is 7.71. The van der Waals surface area contributed by atoms with Crippen LogP contribution in [0.2, 0.25) is 5.02 Å². The lowest BCUT2D eigenvalue weighted by Crippen LogP contribution is -1.98. The molecular weight excluding hydrogens is 558 g/mol. The zero-order valence-electron chi connectivity index (χ0n) is 16.8. The summed E-state index contributed by atoms with van der Waals surface area (Å²) in [5.74, 6) is 1.86. The van der Waals surface area contributed by atoms with Crippen molar-refractivity contribution in [3.63, 3.8) is 0 Å². The van der Waals surface area contributed by atoms with E-state index in [-0.39, 0.29) is 0 Å². The summed E-state index contributed by atoms with van der Waals surface area (Å²) in [5, 5.41) is 10.4. The van der Waals surface area contributed by atoms with E-state index in [9.17, 15) is 5.26 Å². The second-order valence-corrected chi connectivity index (χ2v) is 8.95. The Morgan fingerprint density at radius 2 is 1.91 bits per heavy atom. The highest BCUT2D eigenvalue weighted by atomic mass is 79.9. The van der Waals surface area contributed by atoms with Crippen molar-refractivity contribution in [1.29, 1.82) is 5.26 Å². The number of nitrogens with one attached hydrogen (secondary N) is 1. The van der Waals surface area contributed by atoms with Crippen molar-refractivity contribution < 1.29 is 9.47 Å². The Balaban J connectivity index is 1.61. The van der Waals surface area contributed by atoms with Crippen molar-refractivity contribution in [1.82, 2.24) is 9.97 Å². The highest BCUT2D eigenvalue weighted by Gasteiger charge is 2.13. The molecule has 0 unspecified atom stereocenters. The van der Waals surface area contributed by atoms with E-state index in [1.165, 1.54) is 0 Å². The molecule has 0 amide bonds. The number of fused-ring (bicyclic) bond motifs is 1. The molecule has 0 fully saturated rings. The molecule has 5 nitrogen and oxygen atoms in total. The molecule has 0 saturated carbocycles. The summed E-state index contributed by atoms with van der Waals surface area (Å²) in [5.41, 5.74) is 3.66. The molecule has 0 aliphatic carbocycles. The van der Waals surface area contributed by atoms with E-state index in [0.717, 1.165) is 36.9 Å². The van der Waals surface area contributed by atoms with Gasteiger partial charge in [0.2, 0.25) is 0 Å². The zero-order valence-corrected chi connectivity index (χ0v) is 20.8. The van der Waals surface area contributed by atoms with Crippen molar-refractivity contribution in [2.24, 2.45) is 0 Å². The number of ether oxygens (including phenoxy) is 2. The Morgan fingerprint density at radius 3 is 2.59 bits per heavy atom. The van der Waals surface area contributed by atoms with Gasteiger partial charge in [0.05, 0.1) is 32.7 Å². The van der Waals surface area contributed by atoms with E-state index >= 15 is 0 Å². The standard InChI is InChI=1S/C24H16Br2ClN3O2/c1-31-17-6-7-21-22(11-17)30-24(29-21)16(12-28)8-14-9-18(25)23(19(26)10-14)32-13-15-4-2-3-5-20(15)27/h2-11H,13H2,1H3,(H,29,30)/b16-8-. The van der Waals surface area contributed by atoms with Crippen molar-refractivity contribution in [3.8, 4) is 17.6 Å². The third-order valence-electron chi connectivity index (χ3n) is 4.73. The normalized spacial score (nSPS) is 11.4. The quantitative estimate of drug-likeness (QED) is 0.244. The third kappa shape index (κ3) is 4.83. The molecule has 32 heavy (non-hydrogen) atoms. The second kappa shape index (κ2) is 9.78. The number of hydrogen-bond donors (Lipinski definition) is 1. The van der Waals surface area contributed by atoms with Gasteiger partial charge in [-0.05, 0) is 73.8 Å². The number of allylic oxidation sites excluding steroid dienone is 1. The minimum atomic E-state index is 0.331. The molecule has 0 atom stereocenters. The fraction of sp³-hybridized carbons (Fsp3) is 0.0833. The first-order valence-corrected chi connectivity index (χ1v) is 11.5. The van der Waals surface area contributed by atoms with Gasteiger partial charge in [-0.1, -0.05) is 29.8 Å². The second-order valence-electron chi connectivity index (χ2n) is 6.83. The average Bonchev–Trinajstić information content (AvgIpc) is 3.21.